The molecule has 4 rings (SSSR count). The summed E-state index contributed by atoms with van der Waals surface area (Å²) in [5.41, 5.74) is 0.912. The van der Waals surface area contributed by atoms with Gasteiger partial charge in [0.05, 0.1) is 17.4 Å². The number of hydrogen-bond donors (Lipinski definition) is 1. The summed E-state index contributed by atoms with van der Waals surface area (Å²) in [5.74, 6) is -0.0393. The van der Waals surface area contributed by atoms with Crippen LogP contribution in [0, 0.1) is 0 Å². The monoisotopic (exact) mass is 453 g/mol. The molecule has 2 aromatic carbocycles. The van der Waals surface area contributed by atoms with Crippen molar-refractivity contribution in [3.8, 4) is 0 Å². The molecule has 4 aromatic rings. The summed E-state index contributed by atoms with van der Waals surface area (Å²) in [7, 11) is 0. The minimum atomic E-state index is -0.393. The molecule has 0 spiro atoms. The summed E-state index contributed by atoms with van der Waals surface area (Å²) >= 11 is 5.96. The molecular weight excluding hydrogens is 430 g/mol. The maximum absolute atomic E-state index is 13.4. The number of carbonyl (C=O) groups excluding carboxylic acids is 1. The van der Waals surface area contributed by atoms with E-state index in [0.717, 1.165) is 5.56 Å². The predicted molar refractivity (Wildman–Crippen MR) is 125 cm³/mol. The highest BCUT2D eigenvalue weighted by molar-refractivity contribution is 6.30. The number of fused-ring (bicyclic) bond motifs is 3. The Kier molecular flexibility index (Phi) is 5.64. The van der Waals surface area contributed by atoms with Crippen LogP contribution in [0.4, 0.5) is 0 Å². The summed E-state index contributed by atoms with van der Waals surface area (Å²) in [6.45, 7) is 7.67. The van der Waals surface area contributed by atoms with Crippen molar-refractivity contribution in [3.05, 3.63) is 79.5 Å². The molecule has 166 valence electrons. The van der Waals surface area contributed by atoms with Crippen molar-refractivity contribution >= 4 is 34.2 Å². The second kappa shape index (κ2) is 8.27. The van der Waals surface area contributed by atoms with Crippen LogP contribution in [0.1, 0.15) is 49.7 Å². The number of carbonyl (C=O) groups is 1. The number of amides is 1. The Labute approximate surface area is 189 Å². The van der Waals surface area contributed by atoms with E-state index >= 15 is 0 Å². The van der Waals surface area contributed by atoms with Crippen molar-refractivity contribution in [1.29, 1.82) is 0 Å². The van der Waals surface area contributed by atoms with Crippen LogP contribution in [0.15, 0.2) is 52.1 Å². The Bertz CT molecular complexity index is 1450. The standard InChI is InChI=1S/C23H24ClN5O3/c1-13(2)25-20(30)16-7-10-18-19(11-16)29-22(28(14(3)4)21(18)31)26-27(23(29)32)12-15-5-8-17(24)9-6-15/h5-11,13-14H,12H2,1-4H3,(H,25,30). The van der Waals surface area contributed by atoms with E-state index < -0.39 is 5.69 Å². The molecule has 0 unspecified atom stereocenters. The van der Waals surface area contributed by atoms with Gasteiger partial charge in [-0.2, -0.15) is 0 Å². The number of nitrogens with zero attached hydrogens (tertiary/aromatic N) is 4. The zero-order valence-electron chi connectivity index (χ0n) is 18.3. The molecule has 9 heteroatoms. The number of rotatable bonds is 5. The second-order valence-electron chi connectivity index (χ2n) is 8.33. The maximum Gasteiger partial charge on any atom is 0.352 e. The van der Waals surface area contributed by atoms with Crippen LogP contribution in [0.3, 0.4) is 0 Å². The largest absolute Gasteiger partial charge is 0.352 e. The molecular formula is C23H24ClN5O3. The van der Waals surface area contributed by atoms with Gasteiger partial charge in [-0.3, -0.25) is 14.2 Å². The van der Waals surface area contributed by atoms with E-state index in [0.29, 0.717) is 21.5 Å². The summed E-state index contributed by atoms with van der Waals surface area (Å²) in [6, 6.07) is 11.6. The molecule has 0 aliphatic heterocycles. The quantitative estimate of drug-likeness (QED) is 0.502. The first-order valence-electron chi connectivity index (χ1n) is 10.4. The van der Waals surface area contributed by atoms with Crippen molar-refractivity contribution in [1.82, 2.24) is 24.1 Å². The molecule has 8 nitrogen and oxygen atoms in total. The van der Waals surface area contributed by atoms with E-state index in [1.165, 1.54) is 13.6 Å². The van der Waals surface area contributed by atoms with Gasteiger partial charge in [-0.25, -0.2) is 13.9 Å². The van der Waals surface area contributed by atoms with Crippen LogP contribution in [0.5, 0.6) is 0 Å². The third-order valence-corrected chi connectivity index (χ3v) is 5.42. The van der Waals surface area contributed by atoms with Gasteiger partial charge in [0, 0.05) is 22.7 Å². The SMILES string of the molecule is CC(C)NC(=O)c1ccc2c(=O)n(C(C)C)c3nn(Cc4ccc(Cl)cc4)c(=O)n3c2c1. The first-order valence-corrected chi connectivity index (χ1v) is 10.8. The number of nitrogens with one attached hydrogen (secondary N) is 1. The lowest BCUT2D eigenvalue weighted by atomic mass is 10.1. The van der Waals surface area contributed by atoms with Gasteiger partial charge in [-0.15, -0.1) is 5.10 Å². The molecule has 0 saturated carbocycles. The molecule has 0 aliphatic carbocycles. The highest BCUT2D eigenvalue weighted by Crippen LogP contribution is 2.17. The first kappa shape index (κ1) is 21.8. The fraction of sp³-hybridized carbons (Fsp3) is 0.304. The average Bonchev–Trinajstić information content (AvgIpc) is 3.04. The van der Waals surface area contributed by atoms with Crippen molar-refractivity contribution in [3.63, 3.8) is 0 Å². The Morgan fingerprint density at radius 1 is 1.06 bits per heavy atom. The highest BCUT2D eigenvalue weighted by atomic mass is 35.5. The Morgan fingerprint density at radius 3 is 2.38 bits per heavy atom. The van der Waals surface area contributed by atoms with E-state index in [9.17, 15) is 14.4 Å². The molecule has 2 heterocycles. The van der Waals surface area contributed by atoms with Crippen LogP contribution in [0.25, 0.3) is 16.7 Å². The van der Waals surface area contributed by atoms with Gasteiger partial charge >= 0.3 is 5.69 Å². The molecule has 0 aliphatic rings. The molecule has 1 amide bonds. The Hall–Kier alpha value is -3.39. The molecule has 1 N–H and O–H groups in total. The van der Waals surface area contributed by atoms with Gasteiger partial charge < -0.3 is 5.32 Å². The van der Waals surface area contributed by atoms with E-state index in [4.69, 9.17) is 11.6 Å². The number of halogens is 1. The van der Waals surface area contributed by atoms with Crippen LogP contribution in [-0.2, 0) is 6.54 Å². The van der Waals surface area contributed by atoms with Crippen molar-refractivity contribution in [2.75, 3.05) is 0 Å². The minimum absolute atomic E-state index is 0.0444. The van der Waals surface area contributed by atoms with Gasteiger partial charge in [0.15, 0.2) is 0 Å². The lowest BCUT2D eigenvalue weighted by Crippen LogP contribution is -2.31. The molecule has 0 fully saturated rings. The van der Waals surface area contributed by atoms with Crippen LogP contribution in [-0.4, -0.2) is 30.7 Å². The van der Waals surface area contributed by atoms with Gasteiger partial charge in [-0.05, 0) is 63.6 Å². The predicted octanol–water partition coefficient (Wildman–Crippen LogP) is 3.23. The van der Waals surface area contributed by atoms with Gasteiger partial charge in [0.1, 0.15) is 0 Å². The van der Waals surface area contributed by atoms with Crippen molar-refractivity contribution in [2.45, 2.75) is 46.3 Å². The Balaban J connectivity index is 1.99. The van der Waals surface area contributed by atoms with Gasteiger partial charge in [-0.1, -0.05) is 23.7 Å². The fourth-order valence-corrected chi connectivity index (χ4v) is 3.83. The van der Waals surface area contributed by atoms with Crippen LogP contribution < -0.4 is 16.6 Å². The van der Waals surface area contributed by atoms with Crippen LogP contribution >= 0.6 is 11.6 Å². The zero-order valence-corrected chi connectivity index (χ0v) is 19.1. The van der Waals surface area contributed by atoms with Gasteiger partial charge in [0.2, 0.25) is 5.78 Å². The Morgan fingerprint density at radius 2 is 1.75 bits per heavy atom. The lowest BCUT2D eigenvalue weighted by molar-refractivity contribution is 0.0943. The normalized spacial score (nSPS) is 11.7. The van der Waals surface area contributed by atoms with Crippen molar-refractivity contribution < 1.29 is 4.79 Å². The third-order valence-electron chi connectivity index (χ3n) is 5.17. The molecule has 32 heavy (non-hydrogen) atoms. The molecule has 0 atom stereocenters. The lowest BCUT2D eigenvalue weighted by Gasteiger charge is -2.13. The highest BCUT2D eigenvalue weighted by Gasteiger charge is 2.20. The van der Waals surface area contributed by atoms with Crippen molar-refractivity contribution in [2.24, 2.45) is 0 Å². The molecule has 2 aromatic heterocycles. The number of hydrogen-bond acceptors (Lipinski definition) is 4. The van der Waals surface area contributed by atoms with Crippen LogP contribution in [0.2, 0.25) is 5.02 Å². The number of benzene rings is 2. The minimum Gasteiger partial charge on any atom is -0.350 e. The van der Waals surface area contributed by atoms with E-state index in [2.05, 4.69) is 10.4 Å². The average molecular weight is 454 g/mol. The van der Waals surface area contributed by atoms with E-state index in [-0.39, 0.29) is 35.9 Å². The maximum atomic E-state index is 13.4. The fourth-order valence-electron chi connectivity index (χ4n) is 3.70. The van der Waals surface area contributed by atoms with E-state index in [1.54, 1.807) is 30.3 Å². The zero-order chi connectivity index (χ0) is 23.2. The summed E-state index contributed by atoms with van der Waals surface area (Å²) in [6.07, 6.45) is 0. The topological polar surface area (TPSA) is 90.4 Å². The first-order chi connectivity index (χ1) is 15.2. The molecule has 0 radical (unpaired) electrons. The molecule has 0 bridgehead atoms. The van der Waals surface area contributed by atoms with Gasteiger partial charge in [0.25, 0.3) is 11.5 Å². The summed E-state index contributed by atoms with van der Waals surface area (Å²) < 4.78 is 4.21. The second-order valence-corrected chi connectivity index (χ2v) is 8.77. The molecule has 0 saturated heterocycles. The van der Waals surface area contributed by atoms with E-state index in [1.807, 2.05) is 39.8 Å². The summed E-state index contributed by atoms with van der Waals surface area (Å²) in [4.78, 5) is 39.2. The smallest absolute Gasteiger partial charge is 0.350 e. The third kappa shape index (κ3) is 3.82. The summed E-state index contributed by atoms with van der Waals surface area (Å²) in [5, 5.41) is 8.26. The number of aromatic nitrogens is 4.